The van der Waals surface area contributed by atoms with E-state index in [0.717, 1.165) is 24.2 Å². The highest BCUT2D eigenvalue weighted by Crippen LogP contribution is 2.38. The normalized spacial score (nSPS) is 26.2. The molecule has 6 nitrogen and oxygen atoms in total. The second kappa shape index (κ2) is 7.68. The predicted molar refractivity (Wildman–Crippen MR) is 105 cm³/mol. The molecule has 1 unspecified atom stereocenters. The van der Waals surface area contributed by atoms with Crippen LogP contribution in [0.3, 0.4) is 0 Å². The van der Waals surface area contributed by atoms with Crippen molar-refractivity contribution in [2.75, 3.05) is 5.32 Å². The maximum Gasteiger partial charge on any atom is 0.325 e. The number of amides is 4. The monoisotopic (exact) mass is 411 g/mol. The van der Waals surface area contributed by atoms with Crippen LogP contribution in [0.4, 0.5) is 10.5 Å². The largest absolute Gasteiger partial charge is 0.325 e. The summed E-state index contributed by atoms with van der Waals surface area (Å²) in [5.41, 5.74) is -0.488. The average Bonchev–Trinajstić information content (AvgIpc) is 2.87. The number of carbonyl (C=O) groups is 3. The number of benzene rings is 1. The van der Waals surface area contributed by atoms with Gasteiger partial charge in [0, 0.05) is 5.02 Å². The average molecular weight is 412 g/mol. The Bertz CT molecular complexity index is 775. The lowest BCUT2D eigenvalue weighted by molar-refractivity contribution is -0.137. The van der Waals surface area contributed by atoms with Crippen molar-refractivity contribution in [2.45, 2.75) is 57.5 Å². The molecule has 1 heterocycles. The molecule has 1 aromatic rings. The van der Waals surface area contributed by atoms with Gasteiger partial charge in [0.25, 0.3) is 5.91 Å². The fraction of sp³-hybridized carbons (Fsp3) is 0.526. The van der Waals surface area contributed by atoms with Crippen molar-refractivity contribution in [1.82, 2.24) is 10.2 Å². The molecule has 2 fully saturated rings. The van der Waals surface area contributed by atoms with Crippen molar-refractivity contribution in [3.05, 3.63) is 28.2 Å². The molecule has 3 rings (SSSR count). The van der Waals surface area contributed by atoms with Crippen LogP contribution in [-0.4, -0.2) is 34.3 Å². The summed E-state index contributed by atoms with van der Waals surface area (Å²) in [6.07, 6.45) is 4.10. The van der Waals surface area contributed by atoms with Gasteiger partial charge in [-0.2, -0.15) is 0 Å². The molecule has 1 saturated heterocycles. The number of hydrogen-bond acceptors (Lipinski definition) is 3. The van der Waals surface area contributed by atoms with Crippen molar-refractivity contribution in [3.8, 4) is 0 Å². The molecule has 1 aliphatic heterocycles. The number of nitrogens with zero attached hydrogens (tertiary/aromatic N) is 1. The third kappa shape index (κ3) is 3.78. The number of nitrogens with one attached hydrogen (secondary N) is 2. The first-order chi connectivity index (χ1) is 12.8. The quantitative estimate of drug-likeness (QED) is 0.728. The molecule has 27 heavy (non-hydrogen) atoms. The van der Waals surface area contributed by atoms with Crippen LogP contribution in [0.1, 0.15) is 46.0 Å². The van der Waals surface area contributed by atoms with Gasteiger partial charge in [-0.1, -0.05) is 36.5 Å². The van der Waals surface area contributed by atoms with E-state index in [4.69, 9.17) is 23.2 Å². The first kappa shape index (κ1) is 20.0. The number of urea groups is 1. The fourth-order valence-corrected chi connectivity index (χ4v) is 4.31. The van der Waals surface area contributed by atoms with Gasteiger partial charge in [0.15, 0.2) is 0 Å². The van der Waals surface area contributed by atoms with E-state index in [1.54, 1.807) is 12.1 Å². The molecule has 146 valence electrons. The zero-order valence-corrected chi connectivity index (χ0v) is 16.9. The fourth-order valence-electron chi connectivity index (χ4n) is 3.86. The Kier molecular flexibility index (Phi) is 5.68. The summed E-state index contributed by atoms with van der Waals surface area (Å²) in [7, 11) is 0. The van der Waals surface area contributed by atoms with Gasteiger partial charge in [-0.05, 0) is 56.7 Å². The first-order valence-corrected chi connectivity index (χ1v) is 9.94. The third-order valence-electron chi connectivity index (χ3n) is 5.69. The molecule has 0 radical (unpaired) electrons. The lowest BCUT2D eigenvalue weighted by Gasteiger charge is -2.35. The van der Waals surface area contributed by atoms with Crippen LogP contribution < -0.4 is 10.6 Å². The van der Waals surface area contributed by atoms with Gasteiger partial charge in [-0.25, -0.2) is 9.69 Å². The second-order valence-electron chi connectivity index (χ2n) is 7.33. The number of rotatable bonds is 4. The van der Waals surface area contributed by atoms with E-state index < -0.39 is 23.5 Å². The van der Waals surface area contributed by atoms with Crippen molar-refractivity contribution in [3.63, 3.8) is 0 Å². The maximum absolute atomic E-state index is 13.0. The first-order valence-electron chi connectivity index (χ1n) is 9.19. The summed E-state index contributed by atoms with van der Waals surface area (Å²) in [6.45, 7) is 3.67. The van der Waals surface area contributed by atoms with E-state index in [9.17, 15) is 14.4 Å². The Balaban J connectivity index is 1.72. The predicted octanol–water partition coefficient (Wildman–Crippen LogP) is 4.21. The van der Waals surface area contributed by atoms with Crippen molar-refractivity contribution in [1.29, 1.82) is 0 Å². The van der Waals surface area contributed by atoms with E-state index in [2.05, 4.69) is 17.6 Å². The van der Waals surface area contributed by atoms with Crippen LogP contribution in [0.15, 0.2) is 18.2 Å². The molecule has 0 bridgehead atoms. The van der Waals surface area contributed by atoms with Crippen LogP contribution in [0.5, 0.6) is 0 Å². The van der Waals surface area contributed by atoms with E-state index in [0.29, 0.717) is 29.5 Å². The van der Waals surface area contributed by atoms with Gasteiger partial charge in [-0.3, -0.25) is 9.59 Å². The Morgan fingerprint density at radius 2 is 2.00 bits per heavy atom. The number of halogens is 2. The zero-order valence-electron chi connectivity index (χ0n) is 15.4. The maximum atomic E-state index is 13.0. The lowest BCUT2D eigenvalue weighted by Crippen LogP contribution is -2.51. The lowest BCUT2D eigenvalue weighted by atomic mass is 9.75. The van der Waals surface area contributed by atoms with Crippen LogP contribution in [0.2, 0.25) is 10.0 Å². The van der Waals surface area contributed by atoms with Gasteiger partial charge >= 0.3 is 6.03 Å². The summed E-state index contributed by atoms with van der Waals surface area (Å²) in [5, 5.41) is 6.24. The minimum Gasteiger partial charge on any atom is -0.323 e. The van der Waals surface area contributed by atoms with Gasteiger partial charge < -0.3 is 10.6 Å². The van der Waals surface area contributed by atoms with E-state index in [1.165, 1.54) is 13.0 Å². The molecule has 8 heteroatoms. The topological polar surface area (TPSA) is 78.5 Å². The van der Waals surface area contributed by atoms with Crippen molar-refractivity contribution < 1.29 is 14.4 Å². The smallest absolute Gasteiger partial charge is 0.323 e. The summed E-state index contributed by atoms with van der Waals surface area (Å²) in [4.78, 5) is 39.2. The molecular weight excluding hydrogens is 389 g/mol. The van der Waals surface area contributed by atoms with Crippen LogP contribution in [0, 0.1) is 5.92 Å². The molecule has 2 N–H and O–H groups in total. The van der Waals surface area contributed by atoms with E-state index in [1.807, 2.05) is 0 Å². The number of imide groups is 1. The molecular formula is C19H23Cl2N3O3. The molecule has 1 spiro atoms. The van der Waals surface area contributed by atoms with Crippen LogP contribution in [0.25, 0.3) is 0 Å². The Labute approximate surface area is 168 Å². The minimum atomic E-state index is -0.951. The molecule has 4 amide bonds. The van der Waals surface area contributed by atoms with Gasteiger partial charge in [-0.15, -0.1) is 0 Å². The summed E-state index contributed by atoms with van der Waals surface area (Å²) >= 11 is 11.9. The number of hydrogen-bond donors (Lipinski definition) is 2. The van der Waals surface area contributed by atoms with Gasteiger partial charge in [0.1, 0.15) is 11.6 Å². The molecule has 1 aliphatic carbocycles. The van der Waals surface area contributed by atoms with Gasteiger partial charge in [0.2, 0.25) is 5.91 Å². The van der Waals surface area contributed by atoms with Crippen LogP contribution >= 0.6 is 23.2 Å². The summed E-state index contributed by atoms with van der Waals surface area (Å²) in [5.74, 6) is -0.212. The molecule has 2 aliphatic rings. The van der Waals surface area contributed by atoms with E-state index >= 15 is 0 Å². The molecule has 1 aromatic carbocycles. The molecule has 0 aromatic heterocycles. The highest BCUT2D eigenvalue weighted by atomic mass is 35.5. The number of anilines is 1. The number of carbonyl (C=O) groups excluding carboxylic acids is 3. The standard InChI is InChI=1S/C19H23Cl2N3O3/c1-3-12-6-8-19(9-7-12)17(26)24(18(27)23-19)11(2)16(25)22-15-5-4-13(20)10-14(15)21/h4-5,10-12H,3,6-9H2,1-2H3,(H,22,25)(H,23,27). The summed E-state index contributed by atoms with van der Waals surface area (Å²) in [6, 6.07) is 3.22. The highest BCUT2D eigenvalue weighted by Gasteiger charge is 2.54. The van der Waals surface area contributed by atoms with Gasteiger partial charge in [0.05, 0.1) is 10.7 Å². The molecule has 1 atom stereocenters. The Morgan fingerprint density at radius 3 is 2.59 bits per heavy atom. The van der Waals surface area contributed by atoms with Crippen LogP contribution in [-0.2, 0) is 9.59 Å². The zero-order chi connectivity index (χ0) is 19.8. The SMILES string of the molecule is CCC1CCC2(CC1)NC(=O)N(C(C)C(=O)Nc1ccc(Cl)cc1Cl)C2=O. The molecule has 1 saturated carbocycles. The second-order valence-corrected chi connectivity index (χ2v) is 8.17. The Hall–Kier alpha value is -1.79. The minimum absolute atomic E-state index is 0.287. The third-order valence-corrected chi connectivity index (χ3v) is 6.23. The Morgan fingerprint density at radius 1 is 1.33 bits per heavy atom. The summed E-state index contributed by atoms with van der Waals surface area (Å²) < 4.78 is 0. The highest BCUT2D eigenvalue weighted by molar-refractivity contribution is 6.36. The van der Waals surface area contributed by atoms with E-state index in [-0.39, 0.29) is 10.9 Å². The van der Waals surface area contributed by atoms with Crippen molar-refractivity contribution in [2.24, 2.45) is 5.92 Å². The van der Waals surface area contributed by atoms with Crippen molar-refractivity contribution >= 4 is 46.7 Å².